The molecule has 8 heteroatoms. The largest absolute Gasteiger partial charge is 0.396 e. The summed E-state index contributed by atoms with van der Waals surface area (Å²) in [5.41, 5.74) is -0.755. The van der Waals surface area contributed by atoms with E-state index >= 15 is 0 Å². The Morgan fingerprint density at radius 3 is 1.39 bits per heavy atom. The van der Waals surface area contributed by atoms with E-state index in [0.717, 1.165) is 13.1 Å². The highest BCUT2D eigenvalue weighted by Gasteiger charge is 2.29. The van der Waals surface area contributed by atoms with Crippen molar-refractivity contribution in [3.63, 3.8) is 0 Å². The van der Waals surface area contributed by atoms with Crippen molar-refractivity contribution in [2.24, 2.45) is 5.41 Å². The minimum Gasteiger partial charge on any atom is -0.396 e. The van der Waals surface area contributed by atoms with Gasteiger partial charge in [-0.25, -0.2) is 0 Å². The number of hydrogen-bond donors (Lipinski definition) is 4. The smallest absolute Gasteiger partial charge is 0.0701 e. The molecule has 0 bridgehead atoms. The van der Waals surface area contributed by atoms with Crippen molar-refractivity contribution in [3.05, 3.63) is 0 Å². The molecule has 0 aromatic heterocycles. The Bertz CT molecular complexity index is 244. The average molecular weight is 336 g/mol. The summed E-state index contributed by atoms with van der Waals surface area (Å²) in [4.78, 5) is 0. The van der Waals surface area contributed by atoms with Gasteiger partial charge in [-0.2, -0.15) is 0 Å². The first-order chi connectivity index (χ1) is 11.3. The van der Waals surface area contributed by atoms with E-state index in [4.69, 9.17) is 18.9 Å². The zero-order chi connectivity index (χ0) is 16.6. The van der Waals surface area contributed by atoms with Crippen molar-refractivity contribution >= 4 is 0 Å². The quantitative estimate of drug-likeness (QED) is 0.469. The lowest BCUT2D eigenvalue weighted by Crippen LogP contribution is -2.41. The number of aliphatic hydroxyl groups is 2. The molecule has 0 unspecified atom stereocenters. The summed E-state index contributed by atoms with van der Waals surface area (Å²) in [7, 11) is 0. The summed E-state index contributed by atoms with van der Waals surface area (Å²) in [5.74, 6) is 0. The monoisotopic (exact) mass is 336 g/mol. The lowest BCUT2D eigenvalue weighted by atomic mass is 9.92. The molecule has 0 amide bonds. The van der Waals surface area contributed by atoms with Crippen molar-refractivity contribution in [1.82, 2.24) is 10.6 Å². The molecule has 1 rings (SSSR count). The molecule has 23 heavy (non-hydrogen) atoms. The summed E-state index contributed by atoms with van der Waals surface area (Å²) in [5, 5.41) is 25.5. The molecule has 1 heterocycles. The van der Waals surface area contributed by atoms with Crippen molar-refractivity contribution in [3.8, 4) is 0 Å². The molecule has 0 aliphatic carbocycles. The van der Waals surface area contributed by atoms with Gasteiger partial charge in [-0.15, -0.1) is 0 Å². The molecule has 0 saturated carbocycles. The molecule has 0 radical (unpaired) electrons. The van der Waals surface area contributed by atoms with E-state index < -0.39 is 5.41 Å². The van der Waals surface area contributed by atoms with Gasteiger partial charge in [0.1, 0.15) is 0 Å². The third kappa shape index (κ3) is 10.2. The van der Waals surface area contributed by atoms with Crippen LogP contribution in [0.4, 0.5) is 0 Å². The van der Waals surface area contributed by atoms with Crippen molar-refractivity contribution in [2.75, 3.05) is 92.2 Å². The maximum absolute atomic E-state index is 9.54. The van der Waals surface area contributed by atoms with Crippen LogP contribution in [-0.4, -0.2) is 102 Å². The van der Waals surface area contributed by atoms with Crippen molar-refractivity contribution < 1.29 is 29.2 Å². The van der Waals surface area contributed by atoms with E-state index in [-0.39, 0.29) is 26.4 Å². The fourth-order valence-electron chi connectivity index (χ4n) is 2.00. The topological polar surface area (TPSA) is 101 Å². The Morgan fingerprint density at radius 2 is 1.00 bits per heavy atom. The van der Waals surface area contributed by atoms with Crippen LogP contribution in [0.25, 0.3) is 0 Å². The van der Waals surface area contributed by atoms with E-state index in [1.807, 2.05) is 0 Å². The van der Waals surface area contributed by atoms with E-state index in [0.29, 0.717) is 52.7 Å². The number of hydrogen-bond acceptors (Lipinski definition) is 8. The molecular formula is C15H32N2O6. The van der Waals surface area contributed by atoms with Crippen LogP contribution in [0, 0.1) is 5.41 Å². The first-order valence-corrected chi connectivity index (χ1v) is 8.27. The molecule has 4 N–H and O–H groups in total. The van der Waals surface area contributed by atoms with Gasteiger partial charge in [0.15, 0.2) is 0 Å². The predicted molar refractivity (Wildman–Crippen MR) is 85.6 cm³/mol. The van der Waals surface area contributed by atoms with Crippen molar-refractivity contribution in [2.45, 2.75) is 0 Å². The van der Waals surface area contributed by atoms with Gasteiger partial charge in [-0.05, 0) is 0 Å². The summed E-state index contributed by atoms with van der Waals surface area (Å²) >= 11 is 0. The maximum atomic E-state index is 9.54. The first kappa shape index (κ1) is 20.7. The molecular weight excluding hydrogens is 304 g/mol. The Labute approximate surface area is 138 Å². The molecule has 1 aliphatic heterocycles. The van der Waals surface area contributed by atoms with Crippen LogP contribution in [0.2, 0.25) is 0 Å². The number of nitrogens with one attached hydrogen (secondary N) is 2. The van der Waals surface area contributed by atoms with Crippen LogP contribution in [0.3, 0.4) is 0 Å². The summed E-state index contributed by atoms with van der Waals surface area (Å²) in [6.07, 6.45) is 0. The fraction of sp³-hybridized carbons (Fsp3) is 1.00. The summed E-state index contributed by atoms with van der Waals surface area (Å²) in [6, 6.07) is 0. The van der Waals surface area contributed by atoms with Gasteiger partial charge in [-0.1, -0.05) is 0 Å². The van der Waals surface area contributed by atoms with E-state index in [2.05, 4.69) is 10.6 Å². The average Bonchev–Trinajstić information content (AvgIpc) is 2.58. The standard InChI is InChI=1S/C15H32N2O6/c18-11-15(12-19)13-22-7-3-16-1-5-20-9-10-21-6-2-17-4-8-23-14-15/h16-19H,1-14H2. The molecule has 0 atom stereocenters. The SMILES string of the molecule is OCC1(CO)COCCNCCOCCOCCNCCOC1. The highest BCUT2D eigenvalue weighted by Crippen LogP contribution is 2.16. The molecule has 0 aromatic rings. The maximum Gasteiger partial charge on any atom is 0.0701 e. The van der Waals surface area contributed by atoms with Gasteiger partial charge in [0.2, 0.25) is 0 Å². The Hall–Kier alpha value is -0.320. The Kier molecular flexibility index (Phi) is 12.7. The Balaban J connectivity index is 2.32. The molecule has 0 spiro atoms. The summed E-state index contributed by atoms with van der Waals surface area (Å²) in [6.45, 7) is 6.52. The van der Waals surface area contributed by atoms with E-state index in [9.17, 15) is 10.2 Å². The van der Waals surface area contributed by atoms with Crippen LogP contribution >= 0.6 is 0 Å². The second-order valence-corrected chi connectivity index (χ2v) is 5.65. The molecule has 8 nitrogen and oxygen atoms in total. The first-order valence-electron chi connectivity index (χ1n) is 8.27. The number of rotatable bonds is 2. The van der Waals surface area contributed by atoms with Gasteiger partial charge in [0.05, 0.1) is 71.5 Å². The number of ether oxygens (including phenoxy) is 4. The molecule has 0 aromatic carbocycles. The van der Waals surface area contributed by atoms with E-state index in [1.54, 1.807) is 0 Å². The minimum atomic E-state index is -0.755. The lowest BCUT2D eigenvalue weighted by molar-refractivity contribution is -0.0757. The van der Waals surface area contributed by atoms with Crippen LogP contribution < -0.4 is 10.6 Å². The highest BCUT2D eigenvalue weighted by atomic mass is 16.5. The van der Waals surface area contributed by atoms with E-state index in [1.165, 1.54) is 0 Å². The molecule has 138 valence electrons. The third-order valence-corrected chi connectivity index (χ3v) is 3.55. The van der Waals surface area contributed by atoms with Crippen LogP contribution in [0.1, 0.15) is 0 Å². The zero-order valence-electron chi connectivity index (χ0n) is 13.9. The highest BCUT2D eigenvalue weighted by molar-refractivity contribution is 4.77. The Morgan fingerprint density at radius 1 is 0.609 bits per heavy atom. The minimum absolute atomic E-state index is 0.175. The van der Waals surface area contributed by atoms with Gasteiger partial charge in [-0.3, -0.25) is 0 Å². The summed E-state index contributed by atoms with van der Waals surface area (Å²) < 4.78 is 22.0. The molecule has 1 saturated heterocycles. The lowest BCUT2D eigenvalue weighted by Gasteiger charge is -2.29. The van der Waals surface area contributed by atoms with Gasteiger partial charge >= 0.3 is 0 Å². The fourth-order valence-corrected chi connectivity index (χ4v) is 2.00. The molecule has 1 fully saturated rings. The number of aliphatic hydroxyl groups excluding tert-OH is 2. The second-order valence-electron chi connectivity index (χ2n) is 5.65. The second kappa shape index (κ2) is 14.1. The van der Waals surface area contributed by atoms with Crippen molar-refractivity contribution in [1.29, 1.82) is 0 Å². The van der Waals surface area contributed by atoms with Gasteiger partial charge in [0, 0.05) is 26.2 Å². The normalized spacial score (nSPS) is 24.3. The van der Waals surface area contributed by atoms with Gasteiger partial charge < -0.3 is 39.8 Å². The van der Waals surface area contributed by atoms with Crippen LogP contribution in [0.15, 0.2) is 0 Å². The van der Waals surface area contributed by atoms with Crippen LogP contribution in [-0.2, 0) is 18.9 Å². The molecule has 1 aliphatic rings. The van der Waals surface area contributed by atoms with Crippen LogP contribution in [0.5, 0.6) is 0 Å². The zero-order valence-corrected chi connectivity index (χ0v) is 13.9. The van der Waals surface area contributed by atoms with Gasteiger partial charge in [0.25, 0.3) is 0 Å². The predicted octanol–water partition coefficient (Wildman–Crippen LogP) is -1.78. The third-order valence-electron chi connectivity index (χ3n) is 3.55.